The summed E-state index contributed by atoms with van der Waals surface area (Å²) in [5.41, 5.74) is -1.22. The fourth-order valence-electron chi connectivity index (χ4n) is 8.79. The van der Waals surface area contributed by atoms with Gasteiger partial charge in [0.15, 0.2) is 23.5 Å². The van der Waals surface area contributed by atoms with Crippen molar-refractivity contribution in [3.8, 4) is 0 Å². The largest absolute Gasteiger partial charge is 0.481 e. The van der Waals surface area contributed by atoms with Crippen LogP contribution in [-0.4, -0.2) is 51.8 Å². The molecule has 1 aliphatic heterocycles. The molecule has 5 aliphatic rings. The number of hydrogen-bond acceptors (Lipinski definition) is 6. The highest BCUT2D eigenvalue weighted by Gasteiger charge is 2.75. The maximum atomic E-state index is 14.1. The Hall–Kier alpha value is -1.83. The number of carboxylic acids is 1. The molecule has 0 spiro atoms. The summed E-state index contributed by atoms with van der Waals surface area (Å²) >= 11 is 0. The molecule has 7 nitrogen and oxygen atoms in total. The van der Waals surface area contributed by atoms with Crippen molar-refractivity contribution in [2.75, 3.05) is 0 Å². The third kappa shape index (κ3) is 3.45. The van der Waals surface area contributed by atoms with Crippen LogP contribution in [-0.2, 0) is 23.9 Å². The van der Waals surface area contributed by atoms with Crippen LogP contribution in [0.2, 0.25) is 0 Å². The molecule has 7 heteroatoms. The number of allylic oxidation sites excluding steroid dienone is 4. The summed E-state index contributed by atoms with van der Waals surface area (Å²) in [4.78, 5) is 38.0. The summed E-state index contributed by atoms with van der Waals surface area (Å²) < 4.78 is 13.0. The second kappa shape index (κ2) is 8.88. The molecule has 36 heavy (non-hydrogen) atoms. The van der Waals surface area contributed by atoms with Crippen LogP contribution in [0.5, 0.6) is 0 Å². The maximum Gasteiger partial charge on any atom is 0.306 e. The molecule has 0 aromatic carbocycles. The molecule has 4 aliphatic carbocycles. The molecule has 0 aromatic heterocycles. The molecule has 0 amide bonds. The van der Waals surface area contributed by atoms with E-state index in [9.17, 15) is 24.6 Å². The molecule has 1 saturated heterocycles. The molecule has 5 rings (SSSR count). The topological polar surface area (TPSA) is 110 Å². The molecule has 10 atom stereocenters. The van der Waals surface area contributed by atoms with Crippen molar-refractivity contribution in [1.29, 1.82) is 0 Å². The number of carboxylic acid groups (broad SMARTS) is 1. The minimum Gasteiger partial charge on any atom is -0.481 e. The highest BCUT2D eigenvalue weighted by molar-refractivity contribution is 6.01. The van der Waals surface area contributed by atoms with Gasteiger partial charge < -0.3 is 19.7 Å². The maximum absolute atomic E-state index is 14.1. The van der Waals surface area contributed by atoms with Crippen molar-refractivity contribution in [3.63, 3.8) is 0 Å². The van der Waals surface area contributed by atoms with Crippen molar-refractivity contribution in [3.05, 3.63) is 23.8 Å². The lowest BCUT2D eigenvalue weighted by atomic mass is 9.46. The first-order valence-corrected chi connectivity index (χ1v) is 13.7. The van der Waals surface area contributed by atoms with Gasteiger partial charge in [-0.3, -0.25) is 14.4 Å². The van der Waals surface area contributed by atoms with Crippen molar-refractivity contribution in [2.24, 2.45) is 34.5 Å². The van der Waals surface area contributed by atoms with Gasteiger partial charge in [-0.1, -0.05) is 45.8 Å². The van der Waals surface area contributed by atoms with Crippen molar-refractivity contribution >= 4 is 17.5 Å². The number of Topliss-reactive ketones (excluding diaryl/α,β-unsaturated/α-hetero) is 1. The number of ether oxygens (including phenoxy) is 2. The normalized spacial score (nSPS) is 45.8. The van der Waals surface area contributed by atoms with Crippen LogP contribution in [0.3, 0.4) is 0 Å². The molecule has 0 radical (unpaired) electrons. The van der Waals surface area contributed by atoms with Crippen molar-refractivity contribution in [1.82, 2.24) is 0 Å². The Bertz CT molecular complexity index is 1020. The second-order valence-electron chi connectivity index (χ2n) is 12.2. The summed E-state index contributed by atoms with van der Waals surface area (Å²) in [6.07, 6.45) is 8.20. The Morgan fingerprint density at radius 2 is 2.00 bits per heavy atom. The van der Waals surface area contributed by atoms with Crippen molar-refractivity contribution in [2.45, 2.75) is 103 Å². The monoisotopic (exact) mass is 500 g/mol. The Kier molecular flexibility index (Phi) is 6.37. The number of aliphatic carboxylic acids is 1. The van der Waals surface area contributed by atoms with Gasteiger partial charge >= 0.3 is 5.97 Å². The smallest absolute Gasteiger partial charge is 0.306 e. The Morgan fingerprint density at radius 1 is 1.25 bits per heavy atom. The van der Waals surface area contributed by atoms with E-state index >= 15 is 0 Å². The molecular weight excluding hydrogens is 460 g/mol. The molecule has 0 bridgehead atoms. The number of carbonyl (C=O) groups excluding carboxylic acids is 2. The van der Waals surface area contributed by atoms with E-state index in [2.05, 4.69) is 13.8 Å². The zero-order chi connectivity index (χ0) is 26.0. The molecule has 4 fully saturated rings. The Labute approximate surface area is 213 Å². The van der Waals surface area contributed by atoms with Crippen LogP contribution < -0.4 is 0 Å². The first-order chi connectivity index (χ1) is 17.0. The van der Waals surface area contributed by atoms with Gasteiger partial charge in [-0.05, 0) is 62.5 Å². The summed E-state index contributed by atoms with van der Waals surface area (Å²) in [5, 5.41) is 21.4. The molecule has 198 valence electrons. The standard InChI is InChI=1S/C29H40O7/c1-5-7-24-35-23-14-20-19-9-8-17-13-18(30)10-11-27(17,3)25(19)21(31)15-28(20,4)29(23,36-24)22(32)12-16(6-2)26(33)34/h10-11,13,16,19-21,23-25,31H,5-9,12,14-15H2,1-4H3,(H,33,34)/t16?,19-,20-,21-,23+,24?,25+,27-,28-,29+/m0/s1. The lowest BCUT2D eigenvalue weighted by Gasteiger charge is -2.59. The molecule has 1 heterocycles. The highest BCUT2D eigenvalue weighted by atomic mass is 16.7. The number of aliphatic hydroxyl groups excluding tert-OH is 1. The van der Waals surface area contributed by atoms with Gasteiger partial charge in [0.05, 0.1) is 18.1 Å². The molecule has 3 saturated carbocycles. The summed E-state index contributed by atoms with van der Waals surface area (Å²) in [6, 6.07) is 0. The SMILES string of the molecule is CCCC1O[C@@H]2C[C@H]3[C@@H]4CCC5=CC(=O)C=C[C@]5(C)[C@H]4[C@@H](O)C[C@]3(C)[C@]2(C(=O)CC(CC)C(=O)O)O1. The van der Waals surface area contributed by atoms with Gasteiger partial charge in [-0.25, -0.2) is 0 Å². The molecule has 0 aromatic rings. The van der Waals surface area contributed by atoms with Gasteiger partial charge in [-0.15, -0.1) is 0 Å². The predicted molar refractivity (Wildman–Crippen MR) is 132 cm³/mol. The first-order valence-electron chi connectivity index (χ1n) is 13.7. The number of hydrogen-bond donors (Lipinski definition) is 2. The Morgan fingerprint density at radius 3 is 2.67 bits per heavy atom. The van der Waals surface area contributed by atoms with E-state index < -0.39 is 46.8 Å². The minimum absolute atomic E-state index is 0.00341. The summed E-state index contributed by atoms with van der Waals surface area (Å²) in [7, 11) is 0. The van der Waals surface area contributed by atoms with Crippen LogP contribution in [0.25, 0.3) is 0 Å². The average Bonchev–Trinajstić information content (AvgIpc) is 3.29. The number of ketones is 2. The lowest BCUT2D eigenvalue weighted by molar-refractivity contribution is -0.200. The van der Waals surface area contributed by atoms with Gasteiger partial charge in [0.25, 0.3) is 0 Å². The van der Waals surface area contributed by atoms with Gasteiger partial charge in [0, 0.05) is 23.2 Å². The Balaban J connectivity index is 1.54. The number of rotatable bonds is 7. The third-order valence-corrected chi connectivity index (χ3v) is 10.5. The predicted octanol–water partition coefficient (Wildman–Crippen LogP) is 4.23. The van der Waals surface area contributed by atoms with E-state index in [-0.39, 0.29) is 35.7 Å². The first kappa shape index (κ1) is 25.8. The second-order valence-corrected chi connectivity index (χ2v) is 12.2. The third-order valence-electron chi connectivity index (χ3n) is 10.5. The van der Waals surface area contributed by atoms with Gasteiger partial charge in [-0.2, -0.15) is 0 Å². The molecular formula is C29H40O7. The minimum atomic E-state index is -1.25. The highest BCUT2D eigenvalue weighted by Crippen LogP contribution is 2.70. The number of fused-ring (bicyclic) bond motifs is 7. The summed E-state index contributed by atoms with van der Waals surface area (Å²) in [6.45, 7) is 8.03. The average molecular weight is 501 g/mol. The zero-order valence-electron chi connectivity index (χ0n) is 21.9. The van der Waals surface area contributed by atoms with E-state index in [0.29, 0.717) is 25.7 Å². The fourth-order valence-corrected chi connectivity index (χ4v) is 8.79. The number of carbonyl (C=O) groups is 3. The molecule has 2 unspecified atom stereocenters. The van der Waals surface area contributed by atoms with E-state index in [4.69, 9.17) is 9.47 Å². The van der Waals surface area contributed by atoms with E-state index in [1.54, 1.807) is 19.1 Å². The fraction of sp³-hybridized carbons (Fsp3) is 0.759. The van der Waals surface area contributed by atoms with Crippen LogP contribution in [0.15, 0.2) is 23.8 Å². The van der Waals surface area contributed by atoms with Crippen LogP contribution in [0, 0.1) is 34.5 Å². The van der Waals surface area contributed by atoms with E-state index in [1.165, 1.54) is 0 Å². The molecule has 2 N–H and O–H groups in total. The lowest BCUT2D eigenvalue weighted by Crippen LogP contribution is -2.63. The van der Waals surface area contributed by atoms with Gasteiger partial charge in [0.1, 0.15) is 0 Å². The van der Waals surface area contributed by atoms with Crippen LogP contribution >= 0.6 is 0 Å². The zero-order valence-corrected chi connectivity index (χ0v) is 21.9. The van der Waals surface area contributed by atoms with E-state index in [1.807, 2.05) is 13.0 Å². The van der Waals surface area contributed by atoms with Crippen LogP contribution in [0.1, 0.15) is 79.1 Å². The van der Waals surface area contributed by atoms with Crippen molar-refractivity contribution < 1.29 is 34.1 Å². The quantitative estimate of drug-likeness (QED) is 0.538. The van der Waals surface area contributed by atoms with Crippen LogP contribution in [0.4, 0.5) is 0 Å². The van der Waals surface area contributed by atoms with Gasteiger partial charge in [0.2, 0.25) is 0 Å². The summed E-state index contributed by atoms with van der Waals surface area (Å²) in [5.74, 6) is -1.74. The number of aliphatic hydroxyl groups is 1. The van der Waals surface area contributed by atoms with E-state index in [0.717, 1.165) is 24.8 Å².